The number of nitriles is 1. The molecule has 0 fully saturated rings. The van der Waals surface area contributed by atoms with Crippen LogP contribution in [0.1, 0.15) is 5.56 Å². The molecule has 0 bridgehead atoms. The van der Waals surface area contributed by atoms with Crippen LogP contribution in [0.3, 0.4) is 0 Å². The SMILES string of the molecule is N#Cc1cc(-n2c3ccc(-c4ccccc4)cc3c3ccc(-c4ccccc4)cc32)c(Br)c(-n2c3ccc(-c4ccccc4)cc3c3ccc(-c4ccccc4)cc32)c1. The van der Waals surface area contributed by atoms with Gasteiger partial charge < -0.3 is 9.13 Å². The molecule has 2 aromatic heterocycles. The monoisotopic (exact) mass is 815 g/mol. The molecular formula is C55H34BrN3. The Hall–Kier alpha value is -7.45. The number of nitrogens with zero attached hydrogens (tertiary/aromatic N) is 3. The van der Waals surface area contributed by atoms with Crippen LogP contribution < -0.4 is 0 Å². The highest BCUT2D eigenvalue weighted by Gasteiger charge is 2.22. The van der Waals surface area contributed by atoms with Crippen LogP contribution in [-0.4, -0.2) is 9.13 Å². The number of halogens is 1. The molecule has 0 N–H and O–H groups in total. The van der Waals surface area contributed by atoms with Crippen molar-refractivity contribution in [2.45, 2.75) is 0 Å². The van der Waals surface area contributed by atoms with Crippen molar-refractivity contribution >= 4 is 59.5 Å². The Morgan fingerprint density at radius 3 is 1.02 bits per heavy atom. The predicted octanol–water partition coefficient (Wildman–Crippen LogP) is 15.2. The van der Waals surface area contributed by atoms with E-state index in [4.69, 9.17) is 0 Å². The first kappa shape index (κ1) is 34.8. The summed E-state index contributed by atoms with van der Waals surface area (Å²) in [6.45, 7) is 0. The van der Waals surface area contributed by atoms with Gasteiger partial charge in [0, 0.05) is 21.5 Å². The highest BCUT2D eigenvalue weighted by Crippen LogP contribution is 2.43. The van der Waals surface area contributed by atoms with Crippen LogP contribution in [0.25, 0.3) is 99.5 Å². The van der Waals surface area contributed by atoms with E-state index >= 15 is 0 Å². The molecule has 0 aliphatic carbocycles. The summed E-state index contributed by atoms with van der Waals surface area (Å²) in [5.41, 5.74) is 15.8. The van der Waals surface area contributed by atoms with Crippen molar-refractivity contribution in [3.8, 4) is 62.0 Å². The number of rotatable bonds is 6. The van der Waals surface area contributed by atoms with Crippen molar-refractivity contribution < 1.29 is 0 Å². The summed E-state index contributed by atoms with van der Waals surface area (Å²) in [6, 6.07) is 75.7. The first-order chi connectivity index (χ1) is 29.1. The molecule has 9 aromatic carbocycles. The van der Waals surface area contributed by atoms with Crippen molar-refractivity contribution in [2.75, 3.05) is 0 Å². The minimum absolute atomic E-state index is 0.573. The molecule has 59 heavy (non-hydrogen) atoms. The molecule has 0 atom stereocenters. The number of fused-ring (bicyclic) bond motifs is 6. The summed E-state index contributed by atoms with van der Waals surface area (Å²) >= 11 is 4.21. The molecule has 2 heterocycles. The fourth-order valence-corrected chi connectivity index (χ4v) is 9.37. The van der Waals surface area contributed by atoms with Gasteiger partial charge in [-0.15, -0.1) is 0 Å². The van der Waals surface area contributed by atoms with Gasteiger partial charge in [0.1, 0.15) is 0 Å². The Kier molecular flexibility index (Phi) is 8.36. The summed E-state index contributed by atoms with van der Waals surface area (Å²) < 4.78 is 5.55. The van der Waals surface area contributed by atoms with Crippen LogP contribution in [0.5, 0.6) is 0 Å². The van der Waals surface area contributed by atoms with Crippen LogP contribution in [0.4, 0.5) is 0 Å². The van der Waals surface area contributed by atoms with Gasteiger partial charge in [-0.05, 0) is 109 Å². The second-order valence-electron chi connectivity index (χ2n) is 15.0. The van der Waals surface area contributed by atoms with Gasteiger partial charge in [0.15, 0.2) is 0 Å². The molecule has 0 saturated carbocycles. The van der Waals surface area contributed by atoms with Crippen LogP contribution >= 0.6 is 15.9 Å². The van der Waals surface area contributed by atoms with Crippen molar-refractivity contribution in [1.29, 1.82) is 5.26 Å². The zero-order valence-electron chi connectivity index (χ0n) is 31.8. The largest absolute Gasteiger partial charge is 0.308 e. The summed E-state index contributed by atoms with van der Waals surface area (Å²) in [7, 11) is 0. The Labute approximate surface area is 350 Å². The van der Waals surface area contributed by atoms with Gasteiger partial charge in [0.05, 0.1) is 49.5 Å². The molecule has 11 aromatic rings. The zero-order valence-corrected chi connectivity index (χ0v) is 33.4. The van der Waals surface area contributed by atoms with E-state index < -0.39 is 0 Å². The van der Waals surface area contributed by atoms with Gasteiger partial charge in [-0.2, -0.15) is 5.26 Å². The molecule has 0 aliphatic rings. The van der Waals surface area contributed by atoms with Crippen molar-refractivity contribution in [1.82, 2.24) is 9.13 Å². The second kappa shape index (κ2) is 14.2. The second-order valence-corrected chi connectivity index (χ2v) is 15.8. The molecule has 0 unspecified atom stereocenters. The Balaban J connectivity index is 1.21. The number of hydrogen-bond donors (Lipinski definition) is 0. The summed E-state index contributed by atoms with van der Waals surface area (Å²) in [5.74, 6) is 0. The normalized spacial score (nSPS) is 11.5. The maximum absolute atomic E-state index is 10.8. The topological polar surface area (TPSA) is 33.6 Å². The molecule has 276 valence electrons. The lowest BCUT2D eigenvalue weighted by molar-refractivity contribution is 1.11. The minimum atomic E-state index is 0.573. The first-order valence-electron chi connectivity index (χ1n) is 19.8. The van der Waals surface area contributed by atoms with E-state index in [1.165, 1.54) is 11.1 Å². The molecule has 0 radical (unpaired) electrons. The molecule has 0 saturated heterocycles. The van der Waals surface area contributed by atoms with Gasteiger partial charge in [0.2, 0.25) is 0 Å². The minimum Gasteiger partial charge on any atom is -0.308 e. The molecule has 3 nitrogen and oxygen atoms in total. The summed E-state index contributed by atoms with van der Waals surface area (Å²) in [5, 5.41) is 15.3. The highest BCUT2D eigenvalue weighted by molar-refractivity contribution is 9.10. The Morgan fingerprint density at radius 1 is 0.322 bits per heavy atom. The predicted molar refractivity (Wildman–Crippen MR) is 249 cm³/mol. The van der Waals surface area contributed by atoms with Crippen LogP contribution in [0.2, 0.25) is 0 Å². The Bertz CT molecular complexity index is 3210. The van der Waals surface area contributed by atoms with E-state index in [0.717, 1.165) is 92.8 Å². The van der Waals surface area contributed by atoms with Gasteiger partial charge in [-0.3, -0.25) is 0 Å². The van der Waals surface area contributed by atoms with E-state index in [9.17, 15) is 5.26 Å². The number of aromatic nitrogens is 2. The van der Waals surface area contributed by atoms with Crippen molar-refractivity contribution in [3.05, 3.63) is 216 Å². The van der Waals surface area contributed by atoms with Gasteiger partial charge >= 0.3 is 0 Å². The first-order valence-corrected chi connectivity index (χ1v) is 20.5. The quantitative estimate of drug-likeness (QED) is 0.165. The fourth-order valence-electron chi connectivity index (χ4n) is 8.79. The number of hydrogen-bond acceptors (Lipinski definition) is 1. The lowest BCUT2D eigenvalue weighted by atomic mass is 10.0. The third-order valence-corrected chi connectivity index (χ3v) is 12.4. The standard InChI is InChI=1S/C55H34BrN3/c56-55-53(58-49-27-23-41(37-13-5-1-6-14-37)31-47(49)45-25-21-43(33-51(45)58)39-17-9-3-10-18-39)29-36(35-57)30-54(55)59-50-28-24-42(38-15-7-2-8-16-38)32-48(50)46-26-22-44(34-52(46)59)40-19-11-4-12-20-40/h1-34H. The molecule has 11 rings (SSSR count). The molecule has 4 heteroatoms. The third kappa shape index (κ3) is 5.86. The van der Waals surface area contributed by atoms with Gasteiger partial charge in [-0.25, -0.2) is 0 Å². The lowest BCUT2D eigenvalue weighted by Gasteiger charge is -2.17. The molecule has 0 spiro atoms. The number of benzene rings is 9. The van der Waals surface area contributed by atoms with E-state index in [2.05, 4.69) is 225 Å². The van der Waals surface area contributed by atoms with Crippen molar-refractivity contribution in [2.24, 2.45) is 0 Å². The maximum Gasteiger partial charge on any atom is 0.0993 e. The van der Waals surface area contributed by atoms with Crippen LogP contribution in [-0.2, 0) is 0 Å². The summed E-state index contributed by atoms with van der Waals surface area (Å²) in [4.78, 5) is 0. The molecule has 0 amide bonds. The lowest BCUT2D eigenvalue weighted by Crippen LogP contribution is -2.03. The third-order valence-electron chi connectivity index (χ3n) is 11.6. The molecule has 0 aliphatic heterocycles. The van der Waals surface area contributed by atoms with Crippen LogP contribution in [0.15, 0.2) is 211 Å². The van der Waals surface area contributed by atoms with E-state index in [1.807, 2.05) is 12.1 Å². The average molecular weight is 817 g/mol. The van der Waals surface area contributed by atoms with E-state index in [-0.39, 0.29) is 0 Å². The maximum atomic E-state index is 10.8. The van der Waals surface area contributed by atoms with Crippen molar-refractivity contribution in [3.63, 3.8) is 0 Å². The van der Waals surface area contributed by atoms with Crippen LogP contribution in [0, 0.1) is 11.3 Å². The highest BCUT2D eigenvalue weighted by atomic mass is 79.9. The Morgan fingerprint density at radius 2 is 0.661 bits per heavy atom. The zero-order chi connectivity index (χ0) is 39.5. The fraction of sp³-hybridized carbons (Fsp3) is 0. The molecular weight excluding hydrogens is 783 g/mol. The average Bonchev–Trinajstić information content (AvgIpc) is 3.81. The van der Waals surface area contributed by atoms with Gasteiger partial charge in [0.25, 0.3) is 0 Å². The van der Waals surface area contributed by atoms with Gasteiger partial charge in [-0.1, -0.05) is 158 Å². The smallest absolute Gasteiger partial charge is 0.0993 e. The summed E-state index contributed by atoms with van der Waals surface area (Å²) in [6.07, 6.45) is 0. The van der Waals surface area contributed by atoms with E-state index in [0.29, 0.717) is 5.56 Å². The van der Waals surface area contributed by atoms with E-state index in [1.54, 1.807) is 0 Å².